The van der Waals surface area contributed by atoms with Gasteiger partial charge in [0.2, 0.25) is 0 Å². The highest BCUT2D eigenvalue weighted by molar-refractivity contribution is 7.98. The van der Waals surface area contributed by atoms with Crippen LogP contribution in [0.15, 0.2) is 85.3 Å². The van der Waals surface area contributed by atoms with Gasteiger partial charge in [0.1, 0.15) is 6.04 Å². The van der Waals surface area contributed by atoms with Crippen LogP contribution in [0.4, 0.5) is 11.4 Å². The Kier molecular flexibility index (Phi) is 9.53. The number of nitrogens with one attached hydrogen (secondary N) is 2. The van der Waals surface area contributed by atoms with Crippen molar-refractivity contribution in [1.29, 1.82) is 0 Å². The Morgan fingerprint density at radius 2 is 1.85 bits per heavy atom. The molecule has 0 unspecified atom stereocenters. The molecule has 0 radical (unpaired) electrons. The van der Waals surface area contributed by atoms with E-state index in [1.165, 1.54) is 23.9 Å². The van der Waals surface area contributed by atoms with Crippen LogP contribution in [0, 0.1) is 10.1 Å². The summed E-state index contributed by atoms with van der Waals surface area (Å²) in [5, 5.41) is 26.5. The van der Waals surface area contributed by atoms with Gasteiger partial charge in [0.05, 0.1) is 23.5 Å². The van der Waals surface area contributed by atoms with E-state index in [9.17, 15) is 24.8 Å². The molecule has 1 atom stereocenters. The number of aliphatic carboxylic acids is 1. The third-order valence-electron chi connectivity index (χ3n) is 6.34. The first-order valence-electron chi connectivity index (χ1n) is 12.5. The summed E-state index contributed by atoms with van der Waals surface area (Å²) in [6.07, 6.45) is 5.68. The highest BCUT2D eigenvalue weighted by atomic mass is 32.2. The molecular formula is C29H29N5O5S. The van der Waals surface area contributed by atoms with Crippen LogP contribution in [-0.4, -0.2) is 49.5 Å². The minimum atomic E-state index is -1.06. The number of amides is 1. The number of carboxylic acid groups (broad SMARTS) is 1. The molecule has 0 spiro atoms. The molecule has 1 heterocycles. The van der Waals surface area contributed by atoms with Gasteiger partial charge in [0.15, 0.2) is 0 Å². The van der Waals surface area contributed by atoms with E-state index in [2.05, 4.69) is 15.6 Å². The SMILES string of the molecule is CSCC[C@H](NC(=O)c1ccc(NCc2cncn2Cc2ccc([N+](=O)[O-])cc2)cc1-c1ccccc1)C(=O)O. The lowest BCUT2D eigenvalue weighted by atomic mass is 9.98. The predicted molar refractivity (Wildman–Crippen MR) is 156 cm³/mol. The first-order chi connectivity index (χ1) is 19.4. The van der Waals surface area contributed by atoms with Crippen LogP contribution in [0.5, 0.6) is 0 Å². The first kappa shape index (κ1) is 28.4. The van der Waals surface area contributed by atoms with E-state index in [-0.39, 0.29) is 5.69 Å². The summed E-state index contributed by atoms with van der Waals surface area (Å²) >= 11 is 1.53. The largest absolute Gasteiger partial charge is 0.480 e. The second kappa shape index (κ2) is 13.4. The number of nitrogens with zero attached hydrogens (tertiary/aromatic N) is 3. The molecule has 0 fully saturated rings. The van der Waals surface area contributed by atoms with Crippen molar-refractivity contribution in [2.75, 3.05) is 17.3 Å². The van der Waals surface area contributed by atoms with Gasteiger partial charge in [0.25, 0.3) is 11.6 Å². The minimum absolute atomic E-state index is 0.0427. The van der Waals surface area contributed by atoms with Crippen molar-refractivity contribution in [3.63, 3.8) is 0 Å². The minimum Gasteiger partial charge on any atom is -0.480 e. The van der Waals surface area contributed by atoms with Crippen LogP contribution in [0.2, 0.25) is 0 Å². The number of anilines is 1. The van der Waals surface area contributed by atoms with Crippen LogP contribution in [0.1, 0.15) is 28.0 Å². The molecule has 0 aliphatic heterocycles. The van der Waals surface area contributed by atoms with Crippen molar-refractivity contribution in [1.82, 2.24) is 14.9 Å². The Labute approximate surface area is 235 Å². The zero-order valence-electron chi connectivity index (χ0n) is 21.8. The van der Waals surface area contributed by atoms with Gasteiger partial charge >= 0.3 is 5.97 Å². The van der Waals surface area contributed by atoms with Crippen LogP contribution in [-0.2, 0) is 17.9 Å². The highest BCUT2D eigenvalue weighted by Crippen LogP contribution is 2.28. The van der Waals surface area contributed by atoms with Gasteiger partial charge in [-0.05, 0) is 53.3 Å². The number of thioether (sulfide) groups is 1. The molecule has 0 aliphatic rings. The van der Waals surface area contributed by atoms with Crippen molar-refractivity contribution in [3.8, 4) is 11.1 Å². The summed E-state index contributed by atoms with van der Waals surface area (Å²) in [6, 6.07) is 20.2. The third kappa shape index (κ3) is 7.26. The van der Waals surface area contributed by atoms with Gasteiger partial charge in [-0.3, -0.25) is 14.9 Å². The maximum absolute atomic E-state index is 13.2. The number of aromatic nitrogens is 2. The number of hydrogen-bond donors (Lipinski definition) is 3. The molecule has 40 heavy (non-hydrogen) atoms. The Hall–Kier alpha value is -4.64. The number of nitro benzene ring substituents is 1. The lowest BCUT2D eigenvalue weighted by molar-refractivity contribution is -0.384. The number of nitro groups is 1. The summed E-state index contributed by atoms with van der Waals surface area (Å²) in [7, 11) is 0. The molecule has 0 bridgehead atoms. The third-order valence-corrected chi connectivity index (χ3v) is 6.98. The predicted octanol–water partition coefficient (Wildman–Crippen LogP) is 5.05. The number of imidazole rings is 1. The maximum Gasteiger partial charge on any atom is 0.326 e. The molecule has 3 N–H and O–H groups in total. The van der Waals surface area contributed by atoms with Crippen molar-refractivity contribution in [2.24, 2.45) is 0 Å². The molecule has 0 saturated carbocycles. The van der Waals surface area contributed by atoms with Gasteiger partial charge < -0.3 is 20.3 Å². The zero-order valence-corrected chi connectivity index (χ0v) is 22.6. The van der Waals surface area contributed by atoms with Crippen LogP contribution < -0.4 is 10.6 Å². The van der Waals surface area contributed by atoms with Crippen LogP contribution in [0.3, 0.4) is 0 Å². The summed E-state index contributed by atoms with van der Waals surface area (Å²) in [4.78, 5) is 39.6. The smallest absolute Gasteiger partial charge is 0.326 e. The fraction of sp³-hybridized carbons (Fsp3) is 0.207. The van der Waals surface area contributed by atoms with Gasteiger partial charge in [-0.25, -0.2) is 9.78 Å². The van der Waals surface area contributed by atoms with E-state index < -0.39 is 22.8 Å². The molecular weight excluding hydrogens is 530 g/mol. The summed E-state index contributed by atoms with van der Waals surface area (Å²) in [6.45, 7) is 0.952. The van der Waals surface area contributed by atoms with E-state index in [1.54, 1.807) is 36.8 Å². The van der Waals surface area contributed by atoms with Crippen LogP contribution in [0.25, 0.3) is 11.1 Å². The fourth-order valence-corrected chi connectivity index (χ4v) is 4.66. The number of carbonyl (C=O) groups is 2. The molecule has 3 aromatic carbocycles. The second-order valence-corrected chi connectivity index (χ2v) is 10.0. The molecule has 1 aromatic heterocycles. The average Bonchev–Trinajstić information content (AvgIpc) is 3.41. The molecule has 10 nitrogen and oxygen atoms in total. The lowest BCUT2D eigenvalue weighted by Crippen LogP contribution is -2.41. The number of non-ortho nitro benzene ring substituents is 1. The maximum atomic E-state index is 13.2. The Balaban J connectivity index is 1.52. The molecule has 0 saturated heterocycles. The zero-order chi connectivity index (χ0) is 28.5. The monoisotopic (exact) mass is 559 g/mol. The number of carboxylic acids is 1. The first-order valence-corrected chi connectivity index (χ1v) is 13.9. The Morgan fingerprint density at radius 3 is 2.52 bits per heavy atom. The van der Waals surface area contributed by atoms with E-state index >= 15 is 0 Å². The standard InChI is InChI=1S/C29H29N5O5S/c1-40-14-13-27(29(36)37)32-28(35)25-12-9-22(15-26(25)21-5-3-2-4-6-21)31-17-24-16-30-19-33(24)18-20-7-10-23(11-8-20)34(38)39/h2-12,15-16,19,27,31H,13-14,17-18H2,1H3,(H,32,35)(H,36,37)/t27-/m0/s1. The summed E-state index contributed by atoms with van der Waals surface area (Å²) in [5.41, 5.74) is 4.52. The second-order valence-electron chi connectivity index (χ2n) is 9.06. The summed E-state index contributed by atoms with van der Waals surface area (Å²) < 4.78 is 1.95. The van der Waals surface area contributed by atoms with Crippen molar-refractivity contribution >= 4 is 35.0 Å². The van der Waals surface area contributed by atoms with E-state index in [1.807, 2.05) is 47.2 Å². The molecule has 11 heteroatoms. The van der Waals surface area contributed by atoms with Crippen molar-refractivity contribution in [3.05, 3.63) is 112 Å². The van der Waals surface area contributed by atoms with Crippen molar-refractivity contribution < 1.29 is 19.6 Å². The number of carbonyl (C=O) groups excluding carboxylic acids is 1. The van der Waals surface area contributed by atoms with Gasteiger partial charge in [-0.15, -0.1) is 0 Å². The molecule has 1 amide bonds. The van der Waals surface area contributed by atoms with E-state index in [0.717, 1.165) is 22.5 Å². The van der Waals surface area contributed by atoms with Crippen LogP contribution >= 0.6 is 11.8 Å². The fourth-order valence-electron chi connectivity index (χ4n) is 4.19. The Morgan fingerprint density at radius 1 is 1.10 bits per heavy atom. The topological polar surface area (TPSA) is 139 Å². The van der Waals surface area contributed by atoms with Crippen molar-refractivity contribution in [2.45, 2.75) is 25.6 Å². The molecule has 0 aliphatic carbocycles. The molecule has 206 valence electrons. The summed E-state index contributed by atoms with van der Waals surface area (Å²) in [5.74, 6) is -0.890. The lowest BCUT2D eigenvalue weighted by Gasteiger charge is -2.17. The van der Waals surface area contributed by atoms with Gasteiger partial charge in [0, 0.05) is 36.1 Å². The number of rotatable bonds is 13. The highest BCUT2D eigenvalue weighted by Gasteiger charge is 2.22. The normalized spacial score (nSPS) is 11.5. The molecule has 4 aromatic rings. The number of benzene rings is 3. The van der Waals surface area contributed by atoms with Gasteiger partial charge in [-0.1, -0.05) is 42.5 Å². The molecule has 4 rings (SSSR count). The quantitative estimate of drug-likeness (QED) is 0.153. The number of hydrogen-bond acceptors (Lipinski definition) is 7. The van der Waals surface area contributed by atoms with E-state index in [4.69, 9.17) is 0 Å². The van der Waals surface area contributed by atoms with E-state index in [0.29, 0.717) is 36.4 Å². The average molecular weight is 560 g/mol. The Bertz CT molecular complexity index is 1470. The van der Waals surface area contributed by atoms with Gasteiger partial charge in [-0.2, -0.15) is 11.8 Å².